The average molecular weight is 205 g/mol. The maximum Gasteiger partial charge on any atom is 0.337 e. The van der Waals surface area contributed by atoms with E-state index in [4.69, 9.17) is 9.84 Å². The fourth-order valence-electron chi connectivity index (χ4n) is 1.73. The molecule has 0 aliphatic rings. The maximum atomic E-state index is 11.0. The number of carbonyl (C=O) groups is 1. The highest BCUT2D eigenvalue weighted by atomic mass is 16.5. The van der Waals surface area contributed by atoms with Crippen LogP contribution < -0.4 is 4.74 Å². The van der Waals surface area contributed by atoms with E-state index in [-0.39, 0.29) is 5.56 Å². The molecule has 0 fully saturated rings. The van der Waals surface area contributed by atoms with Crippen LogP contribution in [0.1, 0.15) is 15.9 Å². The average Bonchev–Trinajstić information content (AvgIpc) is 2.63. The van der Waals surface area contributed by atoms with E-state index in [1.54, 1.807) is 7.11 Å². The number of carboxylic acids is 1. The minimum atomic E-state index is -0.933. The third-order valence-corrected chi connectivity index (χ3v) is 2.46. The summed E-state index contributed by atoms with van der Waals surface area (Å²) in [6, 6.07) is 3.67. The molecule has 2 rings (SSSR count). The molecular weight excluding hydrogens is 194 g/mol. The summed E-state index contributed by atoms with van der Waals surface area (Å²) < 4.78 is 5.15. The van der Waals surface area contributed by atoms with Crippen LogP contribution in [0.5, 0.6) is 5.75 Å². The van der Waals surface area contributed by atoms with Gasteiger partial charge in [-0.1, -0.05) is 6.07 Å². The molecule has 2 N–H and O–H groups in total. The van der Waals surface area contributed by atoms with E-state index in [1.165, 1.54) is 6.20 Å². The quantitative estimate of drug-likeness (QED) is 0.789. The van der Waals surface area contributed by atoms with Gasteiger partial charge >= 0.3 is 5.97 Å². The third-order valence-electron chi connectivity index (χ3n) is 2.46. The Hall–Kier alpha value is -1.97. The predicted octanol–water partition coefficient (Wildman–Crippen LogP) is 2.18. The van der Waals surface area contributed by atoms with Gasteiger partial charge in [-0.05, 0) is 18.6 Å². The zero-order valence-electron chi connectivity index (χ0n) is 8.50. The van der Waals surface area contributed by atoms with Crippen molar-refractivity contribution >= 4 is 16.9 Å². The molecule has 0 spiro atoms. The number of rotatable bonds is 2. The Labute approximate surface area is 86.5 Å². The number of methoxy groups -OCH3 is 1. The van der Waals surface area contributed by atoms with E-state index in [0.717, 1.165) is 11.1 Å². The molecule has 4 nitrogen and oxygen atoms in total. The number of carboxylic acid groups (broad SMARTS) is 1. The smallest absolute Gasteiger partial charge is 0.337 e. The summed E-state index contributed by atoms with van der Waals surface area (Å²) in [7, 11) is 1.56. The van der Waals surface area contributed by atoms with Gasteiger partial charge in [-0.15, -0.1) is 0 Å². The van der Waals surface area contributed by atoms with E-state index in [2.05, 4.69) is 4.98 Å². The summed E-state index contributed by atoms with van der Waals surface area (Å²) in [5, 5.41) is 9.71. The van der Waals surface area contributed by atoms with Crippen molar-refractivity contribution < 1.29 is 14.6 Å². The first-order chi connectivity index (χ1) is 7.15. The van der Waals surface area contributed by atoms with E-state index in [0.29, 0.717) is 11.1 Å². The maximum absolute atomic E-state index is 11.0. The monoisotopic (exact) mass is 205 g/mol. The first-order valence-corrected chi connectivity index (χ1v) is 4.53. The molecule has 0 saturated carbocycles. The van der Waals surface area contributed by atoms with Crippen molar-refractivity contribution in [2.24, 2.45) is 0 Å². The lowest BCUT2D eigenvalue weighted by molar-refractivity contribution is 0.0699. The number of aromatic amines is 1. The largest absolute Gasteiger partial charge is 0.495 e. The van der Waals surface area contributed by atoms with Crippen LogP contribution in [-0.2, 0) is 0 Å². The lowest BCUT2D eigenvalue weighted by atomic mass is 10.1. The zero-order valence-corrected chi connectivity index (χ0v) is 8.50. The molecule has 0 atom stereocenters. The summed E-state index contributed by atoms with van der Waals surface area (Å²) in [4.78, 5) is 13.9. The molecule has 78 valence electrons. The molecule has 0 bridgehead atoms. The number of fused-ring (bicyclic) bond motifs is 1. The fraction of sp³-hybridized carbons (Fsp3) is 0.182. The highest BCUT2D eigenvalue weighted by Gasteiger charge is 2.14. The SMILES string of the molecule is COc1ccc(C)c2c(C(=O)O)c[nH]c12. The number of hydrogen-bond acceptors (Lipinski definition) is 2. The van der Waals surface area contributed by atoms with Crippen molar-refractivity contribution in [3.63, 3.8) is 0 Å². The van der Waals surface area contributed by atoms with Crippen molar-refractivity contribution in [2.75, 3.05) is 7.11 Å². The minimum Gasteiger partial charge on any atom is -0.495 e. The Bertz CT molecular complexity index is 528. The number of aromatic nitrogens is 1. The normalized spacial score (nSPS) is 10.5. The van der Waals surface area contributed by atoms with E-state index in [9.17, 15) is 4.79 Å². The Kier molecular flexibility index (Phi) is 2.11. The summed E-state index contributed by atoms with van der Waals surface area (Å²) >= 11 is 0. The second-order valence-electron chi connectivity index (χ2n) is 3.34. The van der Waals surface area contributed by atoms with Crippen LogP contribution >= 0.6 is 0 Å². The molecule has 0 radical (unpaired) electrons. The Morgan fingerprint density at radius 2 is 2.20 bits per heavy atom. The van der Waals surface area contributed by atoms with Gasteiger partial charge in [0, 0.05) is 11.6 Å². The first-order valence-electron chi connectivity index (χ1n) is 4.53. The minimum absolute atomic E-state index is 0.279. The number of H-pyrrole nitrogens is 1. The molecule has 0 amide bonds. The van der Waals surface area contributed by atoms with Gasteiger partial charge in [0.25, 0.3) is 0 Å². The Morgan fingerprint density at radius 3 is 2.80 bits per heavy atom. The Morgan fingerprint density at radius 1 is 1.47 bits per heavy atom. The van der Waals surface area contributed by atoms with Crippen molar-refractivity contribution in [3.8, 4) is 5.75 Å². The summed E-state index contributed by atoms with van der Waals surface area (Å²) in [6.45, 7) is 1.88. The van der Waals surface area contributed by atoms with Gasteiger partial charge < -0.3 is 14.8 Å². The number of hydrogen-bond donors (Lipinski definition) is 2. The predicted molar refractivity (Wildman–Crippen MR) is 56.5 cm³/mol. The van der Waals surface area contributed by atoms with E-state index in [1.807, 2.05) is 19.1 Å². The number of benzene rings is 1. The molecule has 1 aromatic carbocycles. The molecule has 0 aliphatic carbocycles. The molecule has 0 aliphatic heterocycles. The summed E-state index contributed by atoms with van der Waals surface area (Å²) in [6.07, 6.45) is 1.49. The fourth-order valence-corrected chi connectivity index (χ4v) is 1.73. The van der Waals surface area contributed by atoms with Crippen molar-refractivity contribution in [1.82, 2.24) is 4.98 Å². The molecule has 1 heterocycles. The summed E-state index contributed by atoms with van der Waals surface area (Å²) in [5.41, 5.74) is 1.93. The van der Waals surface area contributed by atoms with Gasteiger partial charge in [0.15, 0.2) is 0 Å². The zero-order chi connectivity index (χ0) is 11.0. The van der Waals surface area contributed by atoms with Crippen LogP contribution in [0.3, 0.4) is 0 Å². The van der Waals surface area contributed by atoms with E-state index >= 15 is 0 Å². The van der Waals surface area contributed by atoms with Crippen LogP contribution in [-0.4, -0.2) is 23.2 Å². The molecule has 0 saturated heterocycles. The highest BCUT2D eigenvalue weighted by molar-refractivity contribution is 6.06. The van der Waals surface area contributed by atoms with Crippen LogP contribution in [0, 0.1) is 6.92 Å². The van der Waals surface area contributed by atoms with Gasteiger partial charge in [0.2, 0.25) is 0 Å². The van der Waals surface area contributed by atoms with Crippen LogP contribution in [0.25, 0.3) is 10.9 Å². The number of ether oxygens (including phenoxy) is 1. The highest BCUT2D eigenvalue weighted by Crippen LogP contribution is 2.29. The number of nitrogens with one attached hydrogen (secondary N) is 1. The molecule has 2 aromatic rings. The van der Waals surface area contributed by atoms with Crippen LogP contribution in [0.2, 0.25) is 0 Å². The van der Waals surface area contributed by atoms with Crippen molar-refractivity contribution in [3.05, 3.63) is 29.5 Å². The third kappa shape index (κ3) is 1.34. The number of aromatic carboxylic acids is 1. The number of aryl methyl sites for hydroxylation is 1. The van der Waals surface area contributed by atoms with Crippen LogP contribution in [0.4, 0.5) is 0 Å². The van der Waals surface area contributed by atoms with Crippen LogP contribution in [0.15, 0.2) is 18.3 Å². The lowest BCUT2D eigenvalue weighted by Crippen LogP contribution is -1.95. The summed E-state index contributed by atoms with van der Waals surface area (Å²) in [5.74, 6) is -0.277. The second kappa shape index (κ2) is 3.31. The topological polar surface area (TPSA) is 62.3 Å². The standard InChI is InChI=1S/C11H11NO3/c1-6-3-4-8(15-2)10-9(6)7(5-12-10)11(13)14/h3-5,12H,1-2H3,(H,13,14). The molecule has 15 heavy (non-hydrogen) atoms. The lowest BCUT2D eigenvalue weighted by Gasteiger charge is -2.03. The molecule has 1 aromatic heterocycles. The Balaban J connectivity index is 2.84. The molecule has 4 heteroatoms. The van der Waals surface area contributed by atoms with Gasteiger partial charge in [-0.25, -0.2) is 4.79 Å². The van der Waals surface area contributed by atoms with Gasteiger partial charge in [-0.3, -0.25) is 0 Å². The second-order valence-corrected chi connectivity index (χ2v) is 3.34. The van der Waals surface area contributed by atoms with Gasteiger partial charge in [-0.2, -0.15) is 0 Å². The van der Waals surface area contributed by atoms with Gasteiger partial charge in [0.05, 0.1) is 18.2 Å². The van der Waals surface area contributed by atoms with Crippen molar-refractivity contribution in [1.29, 1.82) is 0 Å². The van der Waals surface area contributed by atoms with E-state index < -0.39 is 5.97 Å². The molecular formula is C11H11NO3. The van der Waals surface area contributed by atoms with Gasteiger partial charge in [0.1, 0.15) is 5.75 Å². The van der Waals surface area contributed by atoms with Crippen molar-refractivity contribution in [2.45, 2.75) is 6.92 Å². The molecule has 0 unspecified atom stereocenters. The first kappa shape index (κ1) is 9.58.